The van der Waals surface area contributed by atoms with Gasteiger partial charge in [0.15, 0.2) is 9.84 Å². The molecule has 0 fully saturated rings. The predicted molar refractivity (Wildman–Crippen MR) is 81.7 cm³/mol. The number of halogens is 1. The van der Waals surface area contributed by atoms with Gasteiger partial charge < -0.3 is 0 Å². The van der Waals surface area contributed by atoms with Gasteiger partial charge in [-0.05, 0) is 17.7 Å². The highest BCUT2D eigenvalue weighted by atomic mass is 127. The highest BCUT2D eigenvalue weighted by Gasteiger charge is 2.20. The van der Waals surface area contributed by atoms with Crippen molar-refractivity contribution in [1.82, 2.24) is 0 Å². The van der Waals surface area contributed by atoms with Crippen LogP contribution >= 0.6 is 22.6 Å². The number of hydrogen-bond donors (Lipinski definition) is 0. The van der Waals surface area contributed by atoms with Gasteiger partial charge in [-0.15, -0.1) is 0 Å². The Morgan fingerprint density at radius 3 is 1.94 bits per heavy atom. The van der Waals surface area contributed by atoms with Crippen LogP contribution in [0.2, 0.25) is 0 Å². The topological polar surface area (TPSA) is 34.1 Å². The summed E-state index contributed by atoms with van der Waals surface area (Å²) in [5, 5.41) is 0. The van der Waals surface area contributed by atoms with E-state index in [1.165, 1.54) is 0 Å². The monoisotopic (exact) mass is 372 g/mol. The van der Waals surface area contributed by atoms with E-state index in [1.54, 1.807) is 24.3 Å². The van der Waals surface area contributed by atoms with Crippen LogP contribution in [0.15, 0.2) is 65.6 Å². The fourth-order valence-corrected chi connectivity index (χ4v) is 4.85. The summed E-state index contributed by atoms with van der Waals surface area (Å²) < 4.78 is 24.4. The molecule has 0 N–H and O–H groups in total. The van der Waals surface area contributed by atoms with Crippen LogP contribution in [-0.4, -0.2) is 14.2 Å². The van der Waals surface area contributed by atoms with Gasteiger partial charge >= 0.3 is 0 Å². The first kappa shape index (κ1) is 13.5. The Labute approximate surface area is 121 Å². The Kier molecular flexibility index (Phi) is 4.40. The molecule has 2 rings (SSSR count). The quantitative estimate of drug-likeness (QED) is 0.607. The number of sulfone groups is 1. The Bertz CT molecular complexity index is 594. The van der Waals surface area contributed by atoms with Crippen LogP contribution in [0.5, 0.6) is 0 Å². The molecule has 1 atom stereocenters. The second-order valence-electron chi connectivity index (χ2n) is 3.97. The minimum atomic E-state index is -3.22. The standard InChI is InChI=1S/C14H13IO2S/c15-14(12-7-3-1-4-8-12)11-18(16,17)13-9-5-2-6-10-13/h1-10,14H,11H2. The molecule has 18 heavy (non-hydrogen) atoms. The lowest BCUT2D eigenvalue weighted by atomic mass is 10.2. The summed E-state index contributed by atoms with van der Waals surface area (Å²) in [5.41, 5.74) is 1.04. The Balaban J connectivity index is 2.20. The number of alkyl halides is 1. The highest BCUT2D eigenvalue weighted by Crippen LogP contribution is 2.27. The maximum absolute atomic E-state index is 12.2. The predicted octanol–water partition coefficient (Wildman–Crippen LogP) is 3.64. The molecular formula is C14H13IO2S. The third-order valence-corrected chi connectivity index (χ3v) is 6.15. The average molecular weight is 372 g/mol. The average Bonchev–Trinajstić information content (AvgIpc) is 2.40. The smallest absolute Gasteiger partial charge is 0.179 e. The molecule has 0 aromatic heterocycles. The summed E-state index contributed by atoms with van der Waals surface area (Å²) >= 11 is 2.18. The first-order valence-corrected chi connectivity index (χ1v) is 8.46. The molecule has 2 aromatic rings. The van der Waals surface area contributed by atoms with Crippen molar-refractivity contribution in [3.05, 3.63) is 66.2 Å². The van der Waals surface area contributed by atoms with Crippen molar-refractivity contribution in [1.29, 1.82) is 0 Å². The molecular weight excluding hydrogens is 359 g/mol. The molecule has 2 aromatic carbocycles. The van der Waals surface area contributed by atoms with Crippen molar-refractivity contribution in [3.63, 3.8) is 0 Å². The summed E-state index contributed by atoms with van der Waals surface area (Å²) in [6.07, 6.45) is 0. The molecule has 0 amide bonds. The van der Waals surface area contributed by atoms with Crippen LogP contribution in [0.1, 0.15) is 9.49 Å². The van der Waals surface area contributed by atoms with Gasteiger partial charge in [0.25, 0.3) is 0 Å². The summed E-state index contributed by atoms with van der Waals surface area (Å²) in [6.45, 7) is 0. The van der Waals surface area contributed by atoms with Gasteiger partial charge in [0.05, 0.1) is 14.6 Å². The van der Waals surface area contributed by atoms with Gasteiger partial charge in [-0.25, -0.2) is 8.42 Å². The molecule has 0 bridgehead atoms. The number of hydrogen-bond acceptors (Lipinski definition) is 2. The minimum absolute atomic E-state index is 0.0333. The van der Waals surface area contributed by atoms with Gasteiger partial charge in [-0.2, -0.15) is 0 Å². The first-order chi connectivity index (χ1) is 8.59. The van der Waals surface area contributed by atoms with Gasteiger partial charge in [0.2, 0.25) is 0 Å². The summed E-state index contributed by atoms with van der Waals surface area (Å²) in [4.78, 5) is 0.391. The maximum Gasteiger partial charge on any atom is 0.179 e. The van der Waals surface area contributed by atoms with Crippen molar-refractivity contribution in [2.24, 2.45) is 0 Å². The molecule has 0 radical (unpaired) electrons. The molecule has 0 aliphatic heterocycles. The molecule has 0 aliphatic carbocycles. The maximum atomic E-state index is 12.2. The summed E-state index contributed by atoms with van der Waals surface area (Å²) in [5.74, 6) is 0.127. The lowest BCUT2D eigenvalue weighted by Crippen LogP contribution is -2.11. The molecule has 0 saturated heterocycles. The molecule has 0 heterocycles. The van der Waals surface area contributed by atoms with Crippen LogP contribution in [0.3, 0.4) is 0 Å². The van der Waals surface area contributed by atoms with Crippen LogP contribution in [0, 0.1) is 0 Å². The fourth-order valence-electron chi connectivity index (χ4n) is 1.67. The van der Waals surface area contributed by atoms with E-state index in [0.717, 1.165) is 5.56 Å². The molecule has 0 spiro atoms. The second-order valence-corrected chi connectivity index (χ2v) is 7.51. The second kappa shape index (κ2) is 5.84. The van der Waals surface area contributed by atoms with E-state index in [9.17, 15) is 8.42 Å². The van der Waals surface area contributed by atoms with Crippen LogP contribution in [0.25, 0.3) is 0 Å². The Morgan fingerprint density at radius 1 is 0.889 bits per heavy atom. The zero-order chi connectivity index (χ0) is 13.0. The largest absolute Gasteiger partial charge is 0.224 e. The van der Waals surface area contributed by atoms with Gasteiger partial charge in [-0.1, -0.05) is 71.1 Å². The van der Waals surface area contributed by atoms with Gasteiger partial charge in [-0.3, -0.25) is 0 Å². The third kappa shape index (κ3) is 3.32. The van der Waals surface area contributed by atoms with Crippen molar-refractivity contribution >= 4 is 32.4 Å². The molecule has 2 nitrogen and oxygen atoms in total. The van der Waals surface area contributed by atoms with Crippen LogP contribution < -0.4 is 0 Å². The normalized spacial score (nSPS) is 13.2. The van der Waals surface area contributed by atoms with Crippen LogP contribution in [-0.2, 0) is 9.84 Å². The molecule has 0 aliphatic rings. The molecule has 94 valence electrons. The molecule has 1 unspecified atom stereocenters. The Hall–Kier alpha value is -0.880. The van der Waals surface area contributed by atoms with E-state index in [1.807, 2.05) is 36.4 Å². The summed E-state index contributed by atoms with van der Waals surface area (Å²) in [7, 11) is -3.22. The number of benzene rings is 2. The van der Waals surface area contributed by atoms with Crippen molar-refractivity contribution < 1.29 is 8.42 Å². The van der Waals surface area contributed by atoms with Crippen LogP contribution in [0.4, 0.5) is 0 Å². The lowest BCUT2D eigenvalue weighted by Gasteiger charge is -2.11. The van der Waals surface area contributed by atoms with Crippen molar-refractivity contribution in [2.75, 3.05) is 5.75 Å². The minimum Gasteiger partial charge on any atom is -0.224 e. The highest BCUT2D eigenvalue weighted by molar-refractivity contribution is 14.1. The van der Waals surface area contributed by atoms with E-state index in [4.69, 9.17) is 0 Å². The lowest BCUT2D eigenvalue weighted by molar-refractivity contribution is 0.595. The van der Waals surface area contributed by atoms with Gasteiger partial charge in [0, 0.05) is 0 Å². The zero-order valence-corrected chi connectivity index (χ0v) is 12.6. The SMILES string of the molecule is O=S(=O)(CC(I)c1ccccc1)c1ccccc1. The van der Waals surface area contributed by atoms with E-state index in [2.05, 4.69) is 22.6 Å². The van der Waals surface area contributed by atoms with Gasteiger partial charge in [0.1, 0.15) is 0 Å². The van der Waals surface area contributed by atoms with E-state index < -0.39 is 9.84 Å². The third-order valence-electron chi connectivity index (χ3n) is 2.63. The molecule has 0 saturated carbocycles. The number of rotatable bonds is 4. The van der Waals surface area contributed by atoms with E-state index in [-0.39, 0.29) is 9.68 Å². The van der Waals surface area contributed by atoms with E-state index in [0.29, 0.717) is 4.90 Å². The zero-order valence-electron chi connectivity index (χ0n) is 9.66. The first-order valence-electron chi connectivity index (χ1n) is 5.56. The molecule has 4 heteroatoms. The van der Waals surface area contributed by atoms with Crippen molar-refractivity contribution in [2.45, 2.75) is 8.82 Å². The Morgan fingerprint density at radius 2 is 1.39 bits per heavy atom. The fraction of sp³-hybridized carbons (Fsp3) is 0.143. The van der Waals surface area contributed by atoms with E-state index >= 15 is 0 Å². The van der Waals surface area contributed by atoms with Crippen molar-refractivity contribution in [3.8, 4) is 0 Å². The summed E-state index contributed by atoms with van der Waals surface area (Å²) in [6, 6.07) is 18.3.